The second-order valence-corrected chi connectivity index (χ2v) is 6.81. The molecule has 1 N–H and O–H groups in total. The number of hydrogen-bond donors (Lipinski definition) is 1. The Morgan fingerprint density at radius 1 is 1.19 bits per heavy atom. The maximum Gasteiger partial charge on any atom is 0.290 e. The van der Waals surface area contributed by atoms with Gasteiger partial charge in [0.2, 0.25) is 5.91 Å². The van der Waals surface area contributed by atoms with Crippen LogP contribution in [0.25, 0.3) is 0 Å². The zero-order valence-corrected chi connectivity index (χ0v) is 16.8. The molecular weight excluding hydrogens is 342 g/mol. The van der Waals surface area contributed by atoms with Crippen LogP contribution in [0, 0.1) is 0 Å². The Balaban J connectivity index is 2.38. The number of carbonyl (C=O) groups excluding carboxylic acids is 2. The van der Waals surface area contributed by atoms with Crippen LogP contribution < -0.4 is 10.2 Å². The number of nitrogens with zero attached hydrogens (tertiary/aromatic N) is 2. The fraction of sp³-hybridized carbons (Fsp3) is 0.429. The van der Waals surface area contributed by atoms with Gasteiger partial charge in [0.1, 0.15) is 0 Å². The van der Waals surface area contributed by atoms with E-state index in [1.165, 1.54) is 6.26 Å². The predicted octanol–water partition coefficient (Wildman–Crippen LogP) is 4.14. The number of rotatable bonds is 8. The second-order valence-electron chi connectivity index (χ2n) is 6.81. The summed E-state index contributed by atoms with van der Waals surface area (Å²) < 4.78 is 5.32. The van der Waals surface area contributed by atoms with Gasteiger partial charge in [-0.2, -0.15) is 0 Å². The zero-order valence-electron chi connectivity index (χ0n) is 16.8. The van der Waals surface area contributed by atoms with E-state index in [-0.39, 0.29) is 17.9 Å². The summed E-state index contributed by atoms with van der Waals surface area (Å²) in [5.74, 6) is 0.156. The van der Waals surface area contributed by atoms with Crippen LogP contribution >= 0.6 is 0 Å². The van der Waals surface area contributed by atoms with Crippen LogP contribution in [0.1, 0.15) is 49.7 Å². The predicted molar refractivity (Wildman–Crippen MR) is 108 cm³/mol. The number of carbonyl (C=O) groups is 2. The van der Waals surface area contributed by atoms with Crippen LogP contribution in [0.4, 0.5) is 11.4 Å². The SMILES string of the molecule is CCC(=O)Nc1ccc(N(C)C)c(CN(C(=O)c2ccco2)C(C)CC)c1. The lowest BCUT2D eigenvalue weighted by Crippen LogP contribution is -2.38. The van der Waals surface area contributed by atoms with Gasteiger partial charge in [0.15, 0.2) is 5.76 Å². The van der Waals surface area contributed by atoms with Crippen LogP contribution in [0.2, 0.25) is 0 Å². The molecule has 0 aliphatic heterocycles. The molecule has 1 heterocycles. The lowest BCUT2D eigenvalue weighted by atomic mass is 10.1. The normalized spacial score (nSPS) is 11.7. The highest BCUT2D eigenvalue weighted by Crippen LogP contribution is 2.26. The van der Waals surface area contributed by atoms with Gasteiger partial charge in [0, 0.05) is 44.5 Å². The third-order valence-corrected chi connectivity index (χ3v) is 4.62. The van der Waals surface area contributed by atoms with E-state index in [4.69, 9.17) is 4.42 Å². The summed E-state index contributed by atoms with van der Waals surface area (Å²) >= 11 is 0. The molecule has 0 aliphatic carbocycles. The van der Waals surface area contributed by atoms with Gasteiger partial charge >= 0.3 is 0 Å². The molecule has 1 atom stereocenters. The van der Waals surface area contributed by atoms with Crippen LogP contribution in [0.3, 0.4) is 0 Å². The van der Waals surface area contributed by atoms with Gasteiger partial charge in [-0.1, -0.05) is 13.8 Å². The molecule has 27 heavy (non-hydrogen) atoms. The number of amides is 2. The quantitative estimate of drug-likeness (QED) is 0.757. The third-order valence-electron chi connectivity index (χ3n) is 4.62. The molecular formula is C21H29N3O3. The van der Waals surface area contributed by atoms with E-state index in [0.717, 1.165) is 23.4 Å². The topological polar surface area (TPSA) is 65.8 Å². The molecule has 1 aromatic heterocycles. The molecule has 146 valence electrons. The minimum Gasteiger partial charge on any atom is -0.459 e. The molecule has 2 amide bonds. The van der Waals surface area contributed by atoms with Crippen molar-refractivity contribution in [1.82, 2.24) is 4.90 Å². The molecule has 0 bridgehead atoms. The Bertz CT molecular complexity index is 769. The Labute approximate surface area is 161 Å². The molecule has 0 fully saturated rings. The smallest absolute Gasteiger partial charge is 0.290 e. The molecule has 0 radical (unpaired) electrons. The van der Waals surface area contributed by atoms with Crippen molar-refractivity contribution in [3.05, 3.63) is 47.9 Å². The molecule has 1 aromatic carbocycles. The Hall–Kier alpha value is -2.76. The number of nitrogens with one attached hydrogen (secondary N) is 1. The van der Waals surface area contributed by atoms with E-state index in [1.807, 2.05) is 55.9 Å². The monoisotopic (exact) mass is 371 g/mol. The summed E-state index contributed by atoms with van der Waals surface area (Å²) in [4.78, 5) is 28.5. The Kier molecular flexibility index (Phi) is 7.05. The van der Waals surface area contributed by atoms with Crippen molar-refractivity contribution in [1.29, 1.82) is 0 Å². The van der Waals surface area contributed by atoms with Gasteiger partial charge in [-0.15, -0.1) is 0 Å². The zero-order chi connectivity index (χ0) is 20.0. The van der Waals surface area contributed by atoms with E-state index in [0.29, 0.717) is 18.7 Å². The summed E-state index contributed by atoms with van der Waals surface area (Å²) in [5.41, 5.74) is 2.70. The minimum absolute atomic E-state index is 0.0380. The van der Waals surface area contributed by atoms with Crippen LogP contribution in [-0.2, 0) is 11.3 Å². The van der Waals surface area contributed by atoms with Crippen molar-refractivity contribution in [3.63, 3.8) is 0 Å². The molecule has 6 heteroatoms. The maximum atomic E-state index is 12.9. The Morgan fingerprint density at radius 3 is 2.48 bits per heavy atom. The highest BCUT2D eigenvalue weighted by molar-refractivity contribution is 5.92. The van der Waals surface area contributed by atoms with Gasteiger partial charge in [-0.25, -0.2) is 0 Å². The van der Waals surface area contributed by atoms with Gasteiger partial charge in [-0.3, -0.25) is 9.59 Å². The summed E-state index contributed by atoms with van der Waals surface area (Å²) in [7, 11) is 3.93. The summed E-state index contributed by atoms with van der Waals surface area (Å²) in [6, 6.07) is 9.23. The van der Waals surface area contributed by atoms with Crippen molar-refractivity contribution < 1.29 is 14.0 Å². The lowest BCUT2D eigenvalue weighted by Gasteiger charge is -2.30. The van der Waals surface area contributed by atoms with Crippen LogP contribution in [0.5, 0.6) is 0 Å². The molecule has 2 aromatic rings. The first-order chi connectivity index (χ1) is 12.9. The molecule has 0 saturated heterocycles. The van der Waals surface area contributed by atoms with Gasteiger partial charge < -0.3 is 19.5 Å². The number of furan rings is 1. The Morgan fingerprint density at radius 2 is 1.93 bits per heavy atom. The van der Waals surface area contributed by atoms with E-state index in [2.05, 4.69) is 12.2 Å². The van der Waals surface area contributed by atoms with Crippen molar-refractivity contribution in [2.45, 2.75) is 46.2 Å². The van der Waals surface area contributed by atoms with Crippen LogP contribution in [0.15, 0.2) is 41.0 Å². The standard InChI is InChI=1S/C21H29N3O3/c1-6-15(3)24(21(26)19-9-8-12-27-19)14-16-13-17(22-20(25)7-2)10-11-18(16)23(4)5/h8-13,15H,6-7,14H2,1-5H3,(H,22,25). The van der Waals surface area contributed by atoms with Crippen molar-refractivity contribution >= 4 is 23.2 Å². The largest absolute Gasteiger partial charge is 0.459 e. The van der Waals surface area contributed by atoms with Gasteiger partial charge in [0.05, 0.1) is 6.26 Å². The maximum absolute atomic E-state index is 12.9. The number of benzene rings is 1. The molecule has 2 rings (SSSR count). The van der Waals surface area contributed by atoms with Gasteiger partial charge in [-0.05, 0) is 49.2 Å². The van der Waals surface area contributed by atoms with Crippen LogP contribution in [-0.4, -0.2) is 36.9 Å². The number of anilines is 2. The summed E-state index contributed by atoms with van der Waals surface area (Å²) in [5, 5.41) is 2.89. The van der Waals surface area contributed by atoms with E-state index in [9.17, 15) is 9.59 Å². The molecule has 6 nitrogen and oxygen atoms in total. The fourth-order valence-corrected chi connectivity index (χ4v) is 2.85. The van der Waals surface area contributed by atoms with E-state index < -0.39 is 0 Å². The first-order valence-corrected chi connectivity index (χ1v) is 9.31. The fourth-order valence-electron chi connectivity index (χ4n) is 2.85. The van der Waals surface area contributed by atoms with E-state index in [1.54, 1.807) is 12.1 Å². The van der Waals surface area contributed by atoms with Crippen molar-refractivity contribution in [2.75, 3.05) is 24.3 Å². The third kappa shape index (κ3) is 5.12. The average Bonchev–Trinajstić information content (AvgIpc) is 3.19. The molecule has 0 aliphatic rings. The lowest BCUT2D eigenvalue weighted by molar-refractivity contribution is -0.115. The average molecular weight is 371 g/mol. The molecule has 1 unspecified atom stereocenters. The second kappa shape index (κ2) is 9.26. The van der Waals surface area contributed by atoms with Gasteiger partial charge in [0.25, 0.3) is 5.91 Å². The summed E-state index contributed by atoms with van der Waals surface area (Å²) in [6.07, 6.45) is 2.75. The first-order valence-electron chi connectivity index (χ1n) is 9.31. The minimum atomic E-state index is -0.137. The first kappa shape index (κ1) is 20.6. The highest BCUT2D eigenvalue weighted by atomic mass is 16.3. The number of hydrogen-bond acceptors (Lipinski definition) is 4. The van der Waals surface area contributed by atoms with Crippen molar-refractivity contribution in [2.24, 2.45) is 0 Å². The van der Waals surface area contributed by atoms with Crippen molar-refractivity contribution in [3.8, 4) is 0 Å². The van der Waals surface area contributed by atoms with E-state index >= 15 is 0 Å². The summed E-state index contributed by atoms with van der Waals surface area (Å²) in [6.45, 7) is 6.33. The molecule has 0 spiro atoms. The highest BCUT2D eigenvalue weighted by Gasteiger charge is 2.24. The molecule has 0 saturated carbocycles.